The number of rotatable bonds is 4. The lowest BCUT2D eigenvalue weighted by Crippen LogP contribution is -2.24. The first-order valence-corrected chi connectivity index (χ1v) is 9.72. The Labute approximate surface area is 178 Å². The molecule has 1 aromatic carbocycles. The second kappa shape index (κ2) is 7.92. The molecule has 0 spiro atoms. The fourth-order valence-corrected chi connectivity index (χ4v) is 3.80. The lowest BCUT2D eigenvalue weighted by Gasteiger charge is -2.18. The van der Waals surface area contributed by atoms with Gasteiger partial charge in [-0.3, -0.25) is 9.89 Å². The predicted octanol–water partition coefficient (Wildman–Crippen LogP) is 2.70. The molecule has 0 aliphatic carbocycles. The molecule has 0 atom stereocenters. The van der Waals surface area contributed by atoms with Gasteiger partial charge in [0.25, 0.3) is 5.56 Å². The number of hydrogen-bond donors (Lipinski definition) is 3. The van der Waals surface area contributed by atoms with Crippen molar-refractivity contribution in [3.8, 4) is 5.82 Å². The maximum atomic E-state index is 12.9. The second-order valence-corrected chi connectivity index (χ2v) is 7.45. The van der Waals surface area contributed by atoms with Crippen molar-refractivity contribution in [1.29, 1.82) is 0 Å². The number of anilines is 2. The fraction of sp³-hybridized carbons (Fsp3) is 0.300. The minimum Gasteiger partial charge on any atom is -0.324 e. The van der Waals surface area contributed by atoms with Crippen LogP contribution in [0.2, 0.25) is 0 Å². The van der Waals surface area contributed by atoms with Gasteiger partial charge in [0.2, 0.25) is 5.95 Å². The predicted molar refractivity (Wildman–Crippen MR) is 118 cm³/mol. The standard InChI is InChI=1S/C20H22N8O.ClH/c1-12(2)27-19(29)16-11-22-20(25-18(16)28(27)17-6-8-23-26-17)24-15-4-3-14-10-21-7-5-13(14)9-15;/h3-4,6,8-9,11-12,21H,5,7,10H2,1-2H3,(H,23,26)(H,22,24,25);1H. The van der Waals surface area contributed by atoms with Crippen LogP contribution in [0.15, 0.2) is 41.5 Å². The fourth-order valence-electron chi connectivity index (χ4n) is 3.80. The van der Waals surface area contributed by atoms with Crippen molar-refractivity contribution in [2.24, 2.45) is 0 Å². The highest BCUT2D eigenvalue weighted by atomic mass is 35.5. The molecule has 0 unspecified atom stereocenters. The summed E-state index contributed by atoms with van der Waals surface area (Å²) < 4.78 is 3.38. The highest BCUT2D eigenvalue weighted by molar-refractivity contribution is 5.85. The Morgan fingerprint density at radius 1 is 1.20 bits per heavy atom. The van der Waals surface area contributed by atoms with Crippen molar-refractivity contribution in [2.75, 3.05) is 11.9 Å². The number of nitrogens with zero attached hydrogens (tertiary/aromatic N) is 5. The zero-order chi connectivity index (χ0) is 20.0. The summed E-state index contributed by atoms with van der Waals surface area (Å²) in [6.07, 6.45) is 4.30. The third-order valence-electron chi connectivity index (χ3n) is 5.16. The molecule has 9 nitrogen and oxygen atoms in total. The minimum atomic E-state index is -0.133. The molecule has 3 N–H and O–H groups in total. The summed E-state index contributed by atoms with van der Waals surface area (Å²) in [6.45, 7) is 5.80. The van der Waals surface area contributed by atoms with E-state index in [-0.39, 0.29) is 24.0 Å². The highest BCUT2D eigenvalue weighted by Crippen LogP contribution is 2.23. The van der Waals surface area contributed by atoms with E-state index in [0.29, 0.717) is 22.8 Å². The zero-order valence-corrected chi connectivity index (χ0v) is 17.5. The Balaban J connectivity index is 0.00000218. The summed E-state index contributed by atoms with van der Waals surface area (Å²) in [7, 11) is 0. The van der Waals surface area contributed by atoms with Crippen LogP contribution in [0.3, 0.4) is 0 Å². The second-order valence-electron chi connectivity index (χ2n) is 7.45. The van der Waals surface area contributed by atoms with E-state index in [2.05, 4.69) is 42.9 Å². The molecule has 4 aromatic rings. The van der Waals surface area contributed by atoms with Crippen LogP contribution < -0.4 is 16.2 Å². The van der Waals surface area contributed by atoms with E-state index in [4.69, 9.17) is 0 Å². The van der Waals surface area contributed by atoms with Crippen LogP contribution in [0.1, 0.15) is 31.0 Å². The SMILES string of the molecule is CC(C)n1c(=O)c2cnc(Nc3ccc4c(c3)CCNC4)nc2n1-c1cc[nH]n1.Cl. The number of hydrogen-bond acceptors (Lipinski definition) is 6. The van der Waals surface area contributed by atoms with Crippen molar-refractivity contribution in [2.45, 2.75) is 32.9 Å². The number of benzene rings is 1. The quantitative estimate of drug-likeness (QED) is 0.463. The number of aromatic nitrogens is 6. The van der Waals surface area contributed by atoms with Crippen LogP contribution in [0.5, 0.6) is 0 Å². The normalized spacial score (nSPS) is 13.3. The van der Waals surface area contributed by atoms with Crippen LogP contribution in [0.4, 0.5) is 11.6 Å². The van der Waals surface area contributed by atoms with Gasteiger partial charge in [0.15, 0.2) is 11.5 Å². The van der Waals surface area contributed by atoms with Crippen molar-refractivity contribution in [3.63, 3.8) is 0 Å². The molecular weight excluding hydrogens is 404 g/mol. The third-order valence-corrected chi connectivity index (χ3v) is 5.16. The number of fused-ring (bicyclic) bond motifs is 2. The zero-order valence-electron chi connectivity index (χ0n) is 16.7. The third kappa shape index (κ3) is 3.35. The van der Waals surface area contributed by atoms with Crippen molar-refractivity contribution < 1.29 is 0 Å². The molecule has 156 valence electrons. The Morgan fingerprint density at radius 3 is 2.83 bits per heavy atom. The molecule has 3 aromatic heterocycles. The molecule has 1 aliphatic heterocycles. The Bertz CT molecular complexity index is 1240. The number of halogens is 1. The smallest absolute Gasteiger partial charge is 0.278 e. The molecule has 4 heterocycles. The number of H-pyrrole nitrogens is 1. The summed E-state index contributed by atoms with van der Waals surface area (Å²) in [5.41, 5.74) is 3.97. The molecule has 0 bridgehead atoms. The molecule has 0 saturated carbocycles. The Kier molecular flexibility index (Phi) is 5.31. The van der Waals surface area contributed by atoms with E-state index < -0.39 is 0 Å². The number of aromatic amines is 1. The molecule has 0 radical (unpaired) electrons. The van der Waals surface area contributed by atoms with E-state index in [9.17, 15) is 4.79 Å². The lowest BCUT2D eigenvalue weighted by atomic mass is 10.0. The molecule has 10 heteroatoms. The summed E-state index contributed by atoms with van der Waals surface area (Å²) in [5.74, 6) is 1.05. The van der Waals surface area contributed by atoms with Gasteiger partial charge in [-0.2, -0.15) is 10.1 Å². The van der Waals surface area contributed by atoms with Crippen molar-refractivity contribution in [1.82, 2.24) is 34.8 Å². The van der Waals surface area contributed by atoms with Gasteiger partial charge < -0.3 is 10.6 Å². The maximum absolute atomic E-state index is 12.9. The topological polar surface area (TPSA) is 105 Å². The average molecular weight is 427 g/mol. The van der Waals surface area contributed by atoms with Gasteiger partial charge in [-0.25, -0.2) is 14.3 Å². The first kappa shape index (κ1) is 20.1. The van der Waals surface area contributed by atoms with E-state index >= 15 is 0 Å². The van der Waals surface area contributed by atoms with Crippen LogP contribution in [-0.2, 0) is 13.0 Å². The minimum absolute atomic E-state index is 0. The van der Waals surface area contributed by atoms with Gasteiger partial charge in [0, 0.05) is 36.7 Å². The van der Waals surface area contributed by atoms with E-state index in [1.165, 1.54) is 11.1 Å². The largest absolute Gasteiger partial charge is 0.324 e. The van der Waals surface area contributed by atoms with Gasteiger partial charge in [-0.05, 0) is 50.1 Å². The van der Waals surface area contributed by atoms with Crippen LogP contribution >= 0.6 is 12.4 Å². The van der Waals surface area contributed by atoms with Gasteiger partial charge in [0.05, 0.1) is 0 Å². The van der Waals surface area contributed by atoms with Crippen LogP contribution in [-0.4, -0.2) is 36.1 Å². The van der Waals surface area contributed by atoms with Crippen LogP contribution in [0.25, 0.3) is 16.9 Å². The molecule has 0 amide bonds. The molecular formula is C20H23ClN8O. The summed E-state index contributed by atoms with van der Waals surface area (Å²) in [6, 6.07) is 8.05. The summed E-state index contributed by atoms with van der Waals surface area (Å²) in [5, 5.41) is 14.2. The first-order valence-electron chi connectivity index (χ1n) is 9.72. The summed E-state index contributed by atoms with van der Waals surface area (Å²) >= 11 is 0. The van der Waals surface area contributed by atoms with E-state index in [1.54, 1.807) is 21.8 Å². The Morgan fingerprint density at radius 2 is 2.07 bits per heavy atom. The molecule has 5 rings (SSSR count). The van der Waals surface area contributed by atoms with Gasteiger partial charge in [0.1, 0.15) is 5.39 Å². The monoisotopic (exact) mass is 426 g/mol. The first-order chi connectivity index (χ1) is 14.1. The van der Waals surface area contributed by atoms with Gasteiger partial charge in [-0.15, -0.1) is 12.4 Å². The average Bonchev–Trinajstić information content (AvgIpc) is 3.34. The molecule has 0 fully saturated rings. The van der Waals surface area contributed by atoms with E-state index in [0.717, 1.165) is 25.2 Å². The summed E-state index contributed by atoms with van der Waals surface area (Å²) in [4.78, 5) is 22.0. The highest BCUT2D eigenvalue weighted by Gasteiger charge is 2.20. The molecule has 0 saturated heterocycles. The van der Waals surface area contributed by atoms with Crippen LogP contribution in [0, 0.1) is 0 Å². The van der Waals surface area contributed by atoms with Gasteiger partial charge >= 0.3 is 0 Å². The Hall–Kier alpha value is -3.17. The van der Waals surface area contributed by atoms with E-state index in [1.807, 2.05) is 26.0 Å². The maximum Gasteiger partial charge on any atom is 0.278 e. The lowest BCUT2D eigenvalue weighted by molar-refractivity contribution is 0.471. The molecule has 1 aliphatic rings. The van der Waals surface area contributed by atoms with Crippen molar-refractivity contribution >= 4 is 35.1 Å². The molecule has 30 heavy (non-hydrogen) atoms. The number of nitrogens with one attached hydrogen (secondary N) is 3. The van der Waals surface area contributed by atoms with Crippen molar-refractivity contribution in [3.05, 3.63) is 58.1 Å². The van der Waals surface area contributed by atoms with Gasteiger partial charge in [-0.1, -0.05) is 6.07 Å².